The fourth-order valence-corrected chi connectivity index (χ4v) is 1.74. The Morgan fingerprint density at radius 1 is 1.06 bits per heavy atom. The van der Waals surface area contributed by atoms with Gasteiger partial charge in [0.15, 0.2) is 6.29 Å². The van der Waals surface area contributed by atoms with Crippen molar-refractivity contribution in [2.45, 2.75) is 0 Å². The summed E-state index contributed by atoms with van der Waals surface area (Å²) in [5.41, 5.74) is 0.797. The molecule has 1 aromatic carbocycles. The number of carbonyl (C=O) groups is 1. The third-order valence-corrected chi connectivity index (χ3v) is 2.52. The number of hydrogen-bond acceptors (Lipinski definition) is 4. The van der Waals surface area contributed by atoms with Gasteiger partial charge in [0.1, 0.15) is 17.4 Å². The quantitative estimate of drug-likeness (QED) is 0.583. The third kappa shape index (κ3) is 1.04. The van der Waals surface area contributed by atoms with Gasteiger partial charge in [-0.25, -0.2) is 0 Å². The molecule has 0 aliphatic heterocycles. The maximum absolute atomic E-state index is 11.8. The molecule has 0 unspecified atom stereocenters. The summed E-state index contributed by atoms with van der Waals surface area (Å²) in [5, 5.41) is 1.12. The molecule has 0 radical (unpaired) electrons. The van der Waals surface area contributed by atoms with Gasteiger partial charge < -0.3 is 8.83 Å². The number of aldehydes is 1. The SMILES string of the molecule is O=Cc1coc2c(ccc3occc32)c1=O. The summed E-state index contributed by atoms with van der Waals surface area (Å²) in [6, 6.07) is 5.00. The van der Waals surface area contributed by atoms with Crippen LogP contribution in [-0.4, -0.2) is 6.29 Å². The van der Waals surface area contributed by atoms with Crippen molar-refractivity contribution in [3.63, 3.8) is 0 Å². The van der Waals surface area contributed by atoms with Crippen molar-refractivity contribution < 1.29 is 13.6 Å². The zero-order valence-electron chi connectivity index (χ0n) is 8.10. The van der Waals surface area contributed by atoms with E-state index in [1.54, 1.807) is 18.2 Å². The van der Waals surface area contributed by atoms with Crippen LogP contribution in [0.15, 0.2) is 44.4 Å². The predicted molar refractivity (Wildman–Crippen MR) is 57.6 cm³/mol. The minimum Gasteiger partial charge on any atom is -0.464 e. The van der Waals surface area contributed by atoms with Crippen molar-refractivity contribution in [2.24, 2.45) is 0 Å². The largest absolute Gasteiger partial charge is 0.464 e. The molecule has 0 aliphatic carbocycles. The number of benzene rings is 1. The number of fused-ring (bicyclic) bond motifs is 3. The summed E-state index contributed by atoms with van der Waals surface area (Å²) in [7, 11) is 0. The highest BCUT2D eigenvalue weighted by molar-refractivity contribution is 6.02. The number of carbonyl (C=O) groups excluding carboxylic acids is 1. The van der Waals surface area contributed by atoms with Gasteiger partial charge in [0.2, 0.25) is 5.43 Å². The van der Waals surface area contributed by atoms with Gasteiger partial charge in [-0.3, -0.25) is 9.59 Å². The van der Waals surface area contributed by atoms with E-state index >= 15 is 0 Å². The molecule has 0 atom stereocenters. The van der Waals surface area contributed by atoms with E-state index in [0.717, 1.165) is 5.39 Å². The standard InChI is InChI=1S/C12H6O4/c13-5-7-6-16-12-8-3-4-15-10(8)2-1-9(12)11(7)14/h1-6H. The third-order valence-electron chi connectivity index (χ3n) is 2.52. The highest BCUT2D eigenvalue weighted by atomic mass is 16.3. The molecular weight excluding hydrogens is 208 g/mol. The topological polar surface area (TPSA) is 60.4 Å². The van der Waals surface area contributed by atoms with Crippen molar-refractivity contribution in [1.29, 1.82) is 0 Å². The fraction of sp³-hybridized carbons (Fsp3) is 0. The Bertz CT molecular complexity index is 748. The normalized spacial score (nSPS) is 11.0. The molecule has 4 nitrogen and oxygen atoms in total. The Kier molecular flexibility index (Phi) is 1.71. The summed E-state index contributed by atoms with van der Waals surface area (Å²) in [6.45, 7) is 0. The van der Waals surface area contributed by atoms with Crippen LogP contribution in [0.2, 0.25) is 0 Å². The van der Waals surface area contributed by atoms with Gasteiger partial charge in [-0.05, 0) is 18.2 Å². The zero-order chi connectivity index (χ0) is 11.1. The van der Waals surface area contributed by atoms with E-state index in [0.29, 0.717) is 22.8 Å². The smallest absolute Gasteiger partial charge is 0.203 e. The average Bonchev–Trinajstić information content (AvgIpc) is 2.77. The average molecular weight is 214 g/mol. The van der Waals surface area contributed by atoms with E-state index in [2.05, 4.69) is 0 Å². The van der Waals surface area contributed by atoms with E-state index in [1.165, 1.54) is 12.5 Å². The molecule has 0 amide bonds. The van der Waals surface area contributed by atoms with Crippen LogP contribution in [0.25, 0.3) is 21.9 Å². The highest BCUT2D eigenvalue weighted by Gasteiger charge is 2.10. The van der Waals surface area contributed by atoms with Crippen molar-refractivity contribution in [2.75, 3.05) is 0 Å². The molecule has 0 fully saturated rings. The van der Waals surface area contributed by atoms with Crippen LogP contribution in [0.1, 0.15) is 10.4 Å². The van der Waals surface area contributed by atoms with Gasteiger partial charge >= 0.3 is 0 Å². The van der Waals surface area contributed by atoms with E-state index in [-0.39, 0.29) is 11.0 Å². The van der Waals surface area contributed by atoms with Gasteiger partial charge in [0.05, 0.1) is 22.6 Å². The molecule has 0 spiro atoms. The second-order valence-corrected chi connectivity index (χ2v) is 3.41. The highest BCUT2D eigenvalue weighted by Crippen LogP contribution is 2.24. The van der Waals surface area contributed by atoms with E-state index < -0.39 is 0 Å². The molecule has 16 heavy (non-hydrogen) atoms. The maximum Gasteiger partial charge on any atom is 0.203 e. The molecule has 0 saturated heterocycles. The monoisotopic (exact) mass is 214 g/mol. The van der Waals surface area contributed by atoms with Crippen molar-refractivity contribution >= 4 is 28.2 Å². The van der Waals surface area contributed by atoms with Gasteiger partial charge in [0.25, 0.3) is 0 Å². The van der Waals surface area contributed by atoms with Crippen molar-refractivity contribution in [1.82, 2.24) is 0 Å². The molecule has 3 aromatic rings. The lowest BCUT2D eigenvalue weighted by molar-refractivity contribution is 0.112. The first kappa shape index (κ1) is 8.91. The molecule has 0 aliphatic rings. The van der Waals surface area contributed by atoms with E-state index in [9.17, 15) is 9.59 Å². The Morgan fingerprint density at radius 2 is 1.94 bits per heavy atom. The number of hydrogen-bond donors (Lipinski definition) is 0. The first-order chi connectivity index (χ1) is 7.81. The van der Waals surface area contributed by atoms with Crippen LogP contribution in [0.5, 0.6) is 0 Å². The maximum atomic E-state index is 11.8. The minimum atomic E-state index is -0.320. The first-order valence-corrected chi connectivity index (χ1v) is 4.68. The molecule has 4 heteroatoms. The molecule has 78 valence electrons. The summed E-state index contributed by atoms with van der Waals surface area (Å²) < 4.78 is 10.5. The number of furan rings is 1. The van der Waals surface area contributed by atoms with Crippen LogP contribution in [0.3, 0.4) is 0 Å². The minimum absolute atomic E-state index is 0.0235. The Balaban J connectivity index is 2.59. The second kappa shape index (κ2) is 3.06. The summed E-state index contributed by atoms with van der Waals surface area (Å²) in [6.07, 6.45) is 3.19. The van der Waals surface area contributed by atoms with Gasteiger partial charge in [-0.15, -0.1) is 0 Å². The predicted octanol–water partition coefficient (Wildman–Crippen LogP) is 2.35. The molecule has 0 N–H and O–H groups in total. The lowest BCUT2D eigenvalue weighted by Gasteiger charge is -1.97. The number of rotatable bonds is 1. The molecule has 3 rings (SSSR count). The Hall–Kier alpha value is -2.36. The first-order valence-electron chi connectivity index (χ1n) is 4.68. The summed E-state index contributed by atoms with van der Waals surface area (Å²) in [5.74, 6) is 0. The fourth-order valence-electron chi connectivity index (χ4n) is 1.74. The van der Waals surface area contributed by atoms with Crippen LogP contribution >= 0.6 is 0 Å². The van der Waals surface area contributed by atoms with Crippen LogP contribution in [0.4, 0.5) is 0 Å². The lowest BCUT2D eigenvalue weighted by Crippen LogP contribution is -2.07. The molecule has 0 saturated carbocycles. The Labute approximate surface area is 89.1 Å². The van der Waals surface area contributed by atoms with Gasteiger partial charge in [0, 0.05) is 0 Å². The van der Waals surface area contributed by atoms with Crippen LogP contribution < -0.4 is 5.43 Å². The lowest BCUT2D eigenvalue weighted by atomic mass is 10.1. The van der Waals surface area contributed by atoms with Crippen LogP contribution in [0, 0.1) is 0 Å². The van der Waals surface area contributed by atoms with Gasteiger partial charge in [-0.1, -0.05) is 0 Å². The summed E-state index contributed by atoms with van der Waals surface area (Å²) in [4.78, 5) is 22.4. The summed E-state index contributed by atoms with van der Waals surface area (Å²) >= 11 is 0. The molecule has 0 bridgehead atoms. The Morgan fingerprint density at radius 3 is 2.75 bits per heavy atom. The van der Waals surface area contributed by atoms with Crippen molar-refractivity contribution in [3.8, 4) is 0 Å². The molecular formula is C12H6O4. The second-order valence-electron chi connectivity index (χ2n) is 3.41. The zero-order valence-corrected chi connectivity index (χ0v) is 8.10. The van der Waals surface area contributed by atoms with Crippen LogP contribution in [-0.2, 0) is 0 Å². The molecule has 2 heterocycles. The van der Waals surface area contributed by atoms with Crippen molar-refractivity contribution in [3.05, 3.63) is 46.5 Å². The molecule has 2 aromatic heterocycles. The van der Waals surface area contributed by atoms with E-state index in [4.69, 9.17) is 8.83 Å². The van der Waals surface area contributed by atoms with Gasteiger partial charge in [-0.2, -0.15) is 0 Å². The van der Waals surface area contributed by atoms with E-state index in [1.807, 2.05) is 0 Å².